The Bertz CT molecular complexity index is 374. The summed E-state index contributed by atoms with van der Waals surface area (Å²) in [6.07, 6.45) is 0.602. The van der Waals surface area contributed by atoms with Crippen molar-refractivity contribution >= 4 is 18.3 Å². The Hall–Kier alpha value is -1.59. The van der Waals surface area contributed by atoms with E-state index in [-0.39, 0.29) is 13.2 Å². The van der Waals surface area contributed by atoms with Crippen molar-refractivity contribution in [2.75, 3.05) is 19.7 Å². The van der Waals surface area contributed by atoms with Gasteiger partial charge in [-0.15, -0.1) is 0 Å². The highest BCUT2D eigenvalue weighted by Crippen LogP contribution is 2.32. The molecule has 0 N–H and O–H groups in total. The molecule has 1 aliphatic heterocycles. The summed E-state index contributed by atoms with van der Waals surface area (Å²) in [5.74, 6) is -0.453. The molecule has 1 atom stereocenters. The van der Waals surface area contributed by atoms with Gasteiger partial charge in [-0.05, 0) is 34.1 Å². The van der Waals surface area contributed by atoms with Crippen LogP contribution in [0, 0.1) is 5.41 Å². The summed E-state index contributed by atoms with van der Waals surface area (Å²) in [6, 6.07) is 0. The van der Waals surface area contributed by atoms with Gasteiger partial charge in [0.1, 0.15) is 12.2 Å². The zero-order valence-electron chi connectivity index (χ0n) is 11.9. The van der Waals surface area contributed by atoms with Crippen LogP contribution < -0.4 is 0 Å². The molecule has 1 unspecified atom stereocenters. The minimum atomic E-state index is -0.764. The normalized spacial score (nSPS) is 23.1. The molecule has 108 valence electrons. The van der Waals surface area contributed by atoms with E-state index in [1.807, 2.05) is 0 Å². The largest absolute Gasteiger partial charge is 0.458 e. The maximum atomic E-state index is 11.9. The highest BCUT2D eigenvalue weighted by molar-refractivity contribution is 5.80. The first-order valence-electron chi connectivity index (χ1n) is 6.27. The predicted molar refractivity (Wildman–Crippen MR) is 67.6 cm³/mol. The summed E-state index contributed by atoms with van der Waals surface area (Å²) in [5.41, 5.74) is -1.33. The number of likely N-dealkylation sites (tertiary alicyclic amines) is 1. The topological polar surface area (TPSA) is 72.9 Å². The number of ether oxygens (including phenoxy) is 2. The first kappa shape index (κ1) is 15.5. The van der Waals surface area contributed by atoms with Gasteiger partial charge in [0.25, 0.3) is 0 Å². The van der Waals surface area contributed by atoms with Gasteiger partial charge in [-0.3, -0.25) is 9.59 Å². The molecule has 0 aliphatic carbocycles. The van der Waals surface area contributed by atoms with Gasteiger partial charge in [-0.25, -0.2) is 4.79 Å². The van der Waals surface area contributed by atoms with E-state index < -0.39 is 23.1 Å². The van der Waals surface area contributed by atoms with Crippen LogP contribution in [0.4, 0.5) is 4.79 Å². The van der Waals surface area contributed by atoms with Gasteiger partial charge >= 0.3 is 12.1 Å². The molecule has 0 bridgehead atoms. The van der Waals surface area contributed by atoms with Gasteiger partial charge in [0.2, 0.25) is 0 Å². The van der Waals surface area contributed by atoms with Crippen LogP contribution >= 0.6 is 0 Å². The quantitative estimate of drug-likeness (QED) is 0.572. The second kappa shape index (κ2) is 5.59. The van der Waals surface area contributed by atoms with E-state index in [0.29, 0.717) is 19.3 Å². The number of rotatable bonds is 3. The van der Waals surface area contributed by atoms with E-state index in [1.54, 1.807) is 27.7 Å². The third kappa shape index (κ3) is 4.22. The fraction of sp³-hybridized carbons (Fsp3) is 0.769. The van der Waals surface area contributed by atoms with Crippen LogP contribution in [-0.2, 0) is 19.1 Å². The van der Waals surface area contributed by atoms with Crippen molar-refractivity contribution in [3.05, 3.63) is 0 Å². The third-order valence-electron chi connectivity index (χ3n) is 2.90. The fourth-order valence-corrected chi connectivity index (χ4v) is 1.89. The molecule has 1 amide bonds. The highest BCUT2D eigenvalue weighted by Gasteiger charge is 2.44. The first-order chi connectivity index (χ1) is 8.68. The van der Waals surface area contributed by atoms with Crippen molar-refractivity contribution in [1.82, 2.24) is 4.90 Å². The van der Waals surface area contributed by atoms with E-state index in [1.165, 1.54) is 4.90 Å². The molecule has 6 heteroatoms. The van der Waals surface area contributed by atoms with E-state index in [4.69, 9.17) is 9.47 Å². The van der Waals surface area contributed by atoms with Crippen molar-refractivity contribution in [3.63, 3.8) is 0 Å². The number of hydrogen-bond donors (Lipinski definition) is 0. The van der Waals surface area contributed by atoms with Gasteiger partial charge < -0.3 is 14.4 Å². The number of carbonyl (C=O) groups excluding carboxylic acids is 3. The molecule has 1 rings (SSSR count). The Morgan fingerprint density at radius 3 is 2.53 bits per heavy atom. The molecule has 0 spiro atoms. The average Bonchev–Trinajstić information content (AvgIpc) is 2.68. The van der Waals surface area contributed by atoms with Crippen LogP contribution in [0.3, 0.4) is 0 Å². The van der Waals surface area contributed by atoms with Crippen LogP contribution in [0.25, 0.3) is 0 Å². The standard InChI is InChI=1S/C13H21NO5/c1-12(2,3)19-11(17)14-6-5-13(4,9-14)10(16)18-8-7-15/h7H,5-6,8-9H2,1-4H3. The molecule has 0 saturated carbocycles. The van der Waals surface area contributed by atoms with Crippen molar-refractivity contribution in [2.45, 2.75) is 39.7 Å². The lowest BCUT2D eigenvalue weighted by atomic mass is 9.90. The Kier molecular flexibility index (Phi) is 4.55. The number of aldehydes is 1. The SMILES string of the molecule is CC(C)(C)OC(=O)N1CCC(C)(C(=O)OCC=O)C1. The minimum Gasteiger partial charge on any atom is -0.458 e. The number of amides is 1. The van der Waals surface area contributed by atoms with Crippen LogP contribution in [0.1, 0.15) is 34.1 Å². The van der Waals surface area contributed by atoms with Crippen LogP contribution in [-0.4, -0.2) is 48.5 Å². The Morgan fingerprint density at radius 1 is 1.37 bits per heavy atom. The number of carbonyl (C=O) groups is 3. The van der Waals surface area contributed by atoms with E-state index in [0.717, 1.165) is 0 Å². The summed E-state index contributed by atoms with van der Waals surface area (Å²) in [4.78, 5) is 35.4. The summed E-state index contributed by atoms with van der Waals surface area (Å²) >= 11 is 0. The second-order valence-electron chi connectivity index (χ2n) is 5.98. The third-order valence-corrected chi connectivity index (χ3v) is 2.90. The highest BCUT2D eigenvalue weighted by atomic mass is 16.6. The van der Waals surface area contributed by atoms with Crippen LogP contribution in [0.5, 0.6) is 0 Å². The van der Waals surface area contributed by atoms with E-state index >= 15 is 0 Å². The Balaban J connectivity index is 2.59. The first-order valence-corrected chi connectivity index (χ1v) is 6.27. The molecular formula is C13H21NO5. The van der Waals surface area contributed by atoms with Gasteiger partial charge in [-0.1, -0.05) is 0 Å². The summed E-state index contributed by atoms with van der Waals surface area (Å²) in [5, 5.41) is 0. The van der Waals surface area contributed by atoms with Crippen LogP contribution in [0.15, 0.2) is 0 Å². The maximum Gasteiger partial charge on any atom is 0.410 e. The Labute approximate surface area is 113 Å². The minimum absolute atomic E-state index is 0.249. The predicted octanol–water partition coefficient (Wildman–Crippen LogP) is 1.38. The number of hydrogen-bond acceptors (Lipinski definition) is 5. The average molecular weight is 271 g/mol. The molecule has 0 aromatic carbocycles. The van der Waals surface area contributed by atoms with Crippen molar-refractivity contribution < 1.29 is 23.9 Å². The molecule has 0 aromatic rings. The lowest BCUT2D eigenvalue weighted by Gasteiger charge is -2.26. The van der Waals surface area contributed by atoms with Crippen molar-refractivity contribution in [1.29, 1.82) is 0 Å². The molecule has 1 fully saturated rings. The van der Waals surface area contributed by atoms with E-state index in [2.05, 4.69) is 0 Å². The Morgan fingerprint density at radius 2 is 2.00 bits per heavy atom. The van der Waals surface area contributed by atoms with Crippen molar-refractivity contribution in [3.8, 4) is 0 Å². The van der Waals surface area contributed by atoms with Crippen molar-refractivity contribution in [2.24, 2.45) is 5.41 Å². The second-order valence-corrected chi connectivity index (χ2v) is 5.98. The molecule has 1 saturated heterocycles. The maximum absolute atomic E-state index is 11.9. The smallest absolute Gasteiger partial charge is 0.410 e. The van der Waals surface area contributed by atoms with Gasteiger partial charge in [0.05, 0.1) is 5.41 Å². The molecule has 1 aliphatic rings. The number of esters is 1. The molecule has 0 aromatic heterocycles. The van der Waals surface area contributed by atoms with Crippen LogP contribution in [0.2, 0.25) is 0 Å². The fourth-order valence-electron chi connectivity index (χ4n) is 1.89. The molecule has 1 heterocycles. The lowest BCUT2D eigenvalue weighted by molar-refractivity contribution is -0.155. The zero-order valence-corrected chi connectivity index (χ0v) is 11.9. The summed E-state index contributed by atoms with van der Waals surface area (Å²) < 4.78 is 10.1. The molecule has 0 radical (unpaired) electrons. The van der Waals surface area contributed by atoms with Gasteiger partial charge in [-0.2, -0.15) is 0 Å². The lowest BCUT2D eigenvalue weighted by Crippen LogP contribution is -2.39. The van der Waals surface area contributed by atoms with E-state index in [9.17, 15) is 14.4 Å². The monoisotopic (exact) mass is 271 g/mol. The molecule has 6 nitrogen and oxygen atoms in total. The summed E-state index contributed by atoms with van der Waals surface area (Å²) in [7, 11) is 0. The van der Waals surface area contributed by atoms with Gasteiger partial charge in [0.15, 0.2) is 6.29 Å². The van der Waals surface area contributed by atoms with Gasteiger partial charge in [0, 0.05) is 13.1 Å². The molecule has 19 heavy (non-hydrogen) atoms. The number of nitrogens with zero attached hydrogens (tertiary/aromatic N) is 1. The zero-order chi connectivity index (χ0) is 14.7. The summed E-state index contributed by atoms with van der Waals surface area (Å²) in [6.45, 7) is 7.54. The molecular weight excluding hydrogens is 250 g/mol.